The van der Waals surface area contributed by atoms with E-state index in [0.29, 0.717) is 69.8 Å². The van der Waals surface area contributed by atoms with Gasteiger partial charge in [-0.1, -0.05) is 43.1 Å². The van der Waals surface area contributed by atoms with E-state index in [9.17, 15) is 50.0 Å². The summed E-state index contributed by atoms with van der Waals surface area (Å²) in [4.78, 5) is 87.9. The summed E-state index contributed by atoms with van der Waals surface area (Å²) in [5.41, 5.74) is 4.09. The molecule has 25 nitrogen and oxygen atoms in total. The Labute approximate surface area is 416 Å². The second-order valence-electron chi connectivity index (χ2n) is 16.0. The first kappa shape index (κ1) is 55.0. The van der Waals surface area contributed by atoms with Gasteiger partial charge in [-0.05, 0) is 87.4 Å². The molecule has 0 N–H and O–H groups in total. The molecule has 0 aliphatic carbocycles. The average molecular weight is 1030 g/mol. The van der Waals surface area contributed by atoms with Crippen LogP contribution in [0.15, 0.2) is 66.4 Å². The number of aryl methyl sites for hydroxylation is 1. The zero-order chi connectivity index (χ0) is 52.0. The third-order valence-electron chi connectivity index (χ3n) is 11.0. The van der Waals surface area contributed by atoms with Crippen LogP contribution in [0.2, 0.25) is 5.02 Å². The molecule has 26 heteroatoms. The summed E-state index contributed by atoms with van der Waals surface area (Å²) in [6, 6.07) is 15.4. The fourth-order valence-corrected chi connectivity index (χ4v) is 7.71. The number of hydrogen-bond acceptors (Lipinski definition) is 20. The number of aromatic nitrogens is 2. The molecular formula is C46H53ClN6O19. The third kappa shape index (κ3) is 17.2. The van der Waals surface area contributed by atoms with E-state index < -0.39 is 57.7 Å². The molecular weight excluding hydrogens is 976 g/mol. The molecule has 388 valence electrons. The van der Waals surface area contributed by atoms with Gasteiger partial charge in [0, 0.05) is 57.8 Å². The lowest BCUT2D eigenvalue weighted by Gasteiger charge is -2.17. The number of benzene rings is 3. The van der Waals surface area contributed by atoms with Gasteiger partial charge in [-0.25, -0.2) is 9.59 Å². The molecule has 4 aromatic rings. The van der Waals surface area contributed by atoms with Gasteiger partial charge in [0.15, 0.2) is 0 Å². The molecule has 0 saturated heterocycles. The highest BCUT2D eigenvalue weighted by molar-refractivity contribution is 6.30. The lowest BCUT2D eigenvalue weighted by molar-refractivity contribution is -0.790. The molecule has 1 aliphatic heterocycles. The fourth-order valence-electron chi connectivity index (χ4n) is 7.55. The number of nitrogens with zero attached hydrogens (tertiary/aromatic N) is 6. The molecule has 1 aliphatic rings. The minimum Gasteiger partial charge on any atom is -0.496 e. The first-order valence-corrected chi connectivity index (χ1v) is 23.1. The Hall–Kier alpha value is -7.96. The molecule has 1 aromatic heterocycles. The summed E-state index contributed by atoms with van der Waals surface area (Å²) in [5, 5.41) is 43.8. The van der Waals surface area contributed by atoms with Crippen molar-refractivity contribution >= 4 is 29.6 Å². The van der Waals surface area contributed by atoms with Crippen molar-refractivity contribution in [3.8, 4) is 28.5 Å². The van der Waals surface area contributed by atoms with Gasteiger partial charge in [0.2, 0.25) is 0 Å². The quantitative estimate of drug-likeness (QED) is 0.0145. The lowest BCUT2D eigenvalue weighted by atomic mass is 9.98. The zero-order valence-electron chi connectivity index (χ0n) is 39.3. The summed E-state index contributed by atoms with van der Waals surface area (Å²) < 4.78 is 31.1. The molecule has 0 radical (unpaired) electrons. The number of carbonyl (C=O) groups is 2. The highest BCUT2D eigenvalue weighted by atomic mass is 35.5. The molecule has 0 bridgehead atoms. The maximum Gasteiger partial charge on any atom is 0.338 e. The number of carbonyl (C=O) groups excluding carboxylic acids is 2. The van der Waals surface area contributed by atoms with E-state index in [1.165, 1.54) is 7.11 Å². The van der Waals surface area contributed by atoms with E-state index in [-0.39, 0.29) is 75.9 Å². The first-order valence-electron chi connectivity index (χ1n) is 22.8. The van der Waals surface area contributed by atoms with E-state index in [1.54, 1.807) is 59.4 Å². The van der Waals surface area contributed by atoms with Gasteiger partial charge in [0.1, 0.15) is 49.3 Å². The maximum atomic E-state index is 14.2. The number of halogens is 1. The van der Waals surface area contributed by atoms with Crippen molar-refractivity contribution in [3.63, 3.8) is 0 Å². The number of hydrogen-bond donors (Lipinski definition) is 0. The molecule has 0 saturated carbocycles. The van der Waals surface area contributed by atoms with E-state index in [2.05, 4.69) is 19.4 Å². The van der Waals surface area contributed by atoms with Crippen molar-refractivity contribution < 1.29 is 73.0 Å². The summed E-state index contributed by atoms with van der Waals surface area (Å²) in [7, 11) is 1.52. The van der Waals surface area contributed by atoms with Gasteiger partial charge >= 0.3 is 11.9 Å². The van der Waals surface area contributed by atoms with E-state index in [4.69, 9.17) is 40.4 Å². The minimum atomic E-state index is -1.22. The molecule has 2 heterocycles. The molecule has 2 atom stereocenters. The van der Waals surface area contributed by atoms with Crippen LogP contribution in [-0.4, -0.2) is 94.4 Å². The number of unbranched alkanes of at least 4 members (excludes halogenated alkanes) is 3. The van der Waals surface area contributed by atoms with Crippen LogP contribution < -0.4 is 14.2 Å². The van der Waals surface area contributed by atoms with Crippen molar-refractivity contribution in [2.24, 2.45) is 0 Å². The molecule has 3 aromatic carbocycles. The van der Waals surface area contributed by atoms with Crippen LogP contribution >= 0.6 is 11.6 Å². The Balaban J connectivity index is 1.39. The normalized spacial score (nSPS) is 12.6. The van der Waals surface area contributed by atoms with Crippen molar-refractivity contribution in [2.75, 3.05) is 40.1 Å². The van der Waals surface area contributed by atoms with Crippen LogP contribution in [0.5, 0.6) is 17.2 Å². The van der Waals surface area contributed by atoms with Crippen LogP contribution in [0, 0.1) is 40.5 Å². The largest absolute Gasteiger partial charge is 0.496 e. The Kier molecular flexibility index (Phi) is 21.4. The number of esters is 2. The number of ether oxygens (including phenoxy) is 5. The highest BCUT2D eigenvalue weighted by Crippen LogP contribution is 2.38. The molecule has 0 spiro atoms. The van der Waals surface area contributed by atoms with Gasteiger partial charge < -0.3 is 43.0 Å². The Morgan fingerprint density at radius 1 is 0.819 bits per heavy atom. The van der Waals surface area contributed by atoms with Crippen LogP contribution in [0.25, 0.3) is 17.3 Å². The maximum absolute atomic E-state index is 14.2. The summed E-state index contributed by atoms with van der Waals surface area (Å²) in [6.45, 7) is 1.40. The zero-order valence-corrected chi connectivity index (χ0v) is 40.1. The number of methoxy groups -OCH3 is 1. The predicted molar refractivity (Wildman–Crippen MR) is 251 cm³/mol. The predicted octanol–water partition coefficient (Wildman–Crippen LogP) is 7.76. The second-order valence-corrected chi connectivity index (χ2v) is 16.5. The van der Waals surface area contributed by atoms with Gasteiger partial charge in [0.25, 0.3) is 20.3 Å². The van der Waals surface area contributed by atoms with Gasteiger partial charge in [0.05, 0.1) is 44.4 Å². The summed E-state index contributed by atoms with van der Waals surface area (Å²) in [6.07, 6.45) is 4.19. The Bertz CT molecular complexity index is 2560. The highest BCUT2D eigenvalue weighted by Gasteiger charge is 2.24. The molecule has 2 unspecified atom stereocenters. The average Bonchev–Trinajstić information content (AvgIpc) is 3.98. The van der Waals surface area contributed by atoms with Crippen molar-refractivity contribution in [1.82, 2.24) is 9.78 Å². The smallest absolute Gasteiger partial charge is 0.338 e. The second kappa shape index (κ2) is 28.0. The molecule has 72 heavy (non-hydrogen) atoms. The Morgan fingerprint density at radius 2 is 1.49 bits per heavy atom. The first-order chi connectivity index (χ1) is 34.6. The molecule has 0 fully saturated rings. The van der Waals surface area contributed by atoms with Gasteiger partial charge in [-0.2, -0.15) is 5.10 Å². The van der Waals surface area contributed by atoms with Crippen molar-refractivity contribution in [1.29, 1.82) is 0 Å². The SMILES string of the molecule is CCCCn1ncc(C=C(Cc2cc3c(cc2OC)CCO3)C(=O)OCCCCC(CO[N+](=O)[O-])O[N+](=O)[O-])c1-c1ccc(Cl)cc1OCc1ccccc1C(=O)OCCCCC(CO[N+](=O)[O-])O[N+](=O)[O-]. The van der Waals surface area contributed by atoms with Crippen LogP contribution in [0.4, 0.5) is 0 Å². The minimum absolute atomic E-state index is 0.00525. The summed E-state index contributed by atoms with van der Waals surface area (Å²) >= 11 is 6.57. The standard InChI is InChI=1S/C46H53ClN6O19/c1-3-4-18-49-44(40-16-15-36(47)26-43(40)68-28-32-11-5-6-14-39(32)46(55)67-20-10-8-13-38(72-53(62)63)30-70-51(58)59)35(27-48-49)23-34(22-33-25-42-31(17-21-65-42)24-41(33)64-2)45(54)66-19-9-7-12-37(71-52(60)61)29-69-50(56)57/h5-6,11,14-16,23-27,37-38H,3-4,7-10,12-13,17-22,28-30H2,1-2H3. The van der Waals surface area contributed by atoms with Crippen molar-refractivity contribution in [2.45, 2.75) is 96.5 Å². The van der Waals surface area contributed by atoms with E-state index in [0.717, 1.165) is 18.4 Å². The van der Waals surface area contributed by atoms with Crippen LogP contribution in [0.3, 0.4) is 0 Å². The molecule has 0 amide bonds. The monoisotopic (exact) mass is 1030 g/mol. The topological polar surface area (TPSA) is 308 Å². The number of fused-ring (bicyclic) bond motifs is 1. The fraction of sp³-hybridized carbons (Fsp3) is 0.457. The number of rotatable bonds is 33. The molecule has 5 rings (SSSR count). The lowest BCUT2D eigenvalue weighted by Crippen LogP contribution is -2.24. The van der Waals surface area contributed by atoms with Gasteiger partial charge in [-0.15, -0.1) is 40.5 Å². The van der Waals surface area contributed by atoms with E-state index >= 15 is 0 Å². The van der Waals surface area contributed by atoms with Crippen molar-refractivity contribution in [3.05, 3.63) is 140 Å². The van der Waals surface area contributed by atoms with Crippen LogP contribution in [-0.2, 0) is 59.6 Å². The summed E-state index contributed by atoms with van der Waals surface area (Å²) in [5.74, 6) is 0.150. The third-order valence-corrected chi connectivity index (χ3v) is 11.2. The van der Waals surface area contributed by atoms with E-state index in [1.807, 2.05) is 19.1 Å². The van der Waals surface area contributed by atoms with Gasteiger partial charge in [-0.3, -0.25) is 4.68 Å². The van der Waals surface area contributed by atoms with Crippen LogP contribution in [0.1, 0.15) is 90.9 Å². The Morgan fingerprint density at radius 3 is 2.12 bits per heavy atom.